The lowest BCUT2D eigenvalue weighted by Crippen LogP contribution is -2.33. The van der Waals surface area contributed by atoms with E-state index >= 15 is 0 Å². The predicted molar refractivity (Wildman–Crippen MR) is 144 cm³/mol. The quantitative estimate of drug-likeness (QED) is 0.271. The lowest BCUT2D eigenvalue weighted by atomic mass is 10.0. The van der Waals surface area contributed by atoms with Crippen molar-refractivity contribution in [1.82, 2.24) is 5.32 Å². The van der Waals surface area contributed by atoms with E-state index in [0.717, 1.165) is 41.1 Å². The summed E-state index contributed by atoms with van der Waals surface area (Å²) in [5.74, 6) is -1.02. The van der Waals surface area contributed by atoms with E-state index in [-0.39, 0.29) is 47.7 Å². The molecule has 1 heterocycles. The van der Waals surface area contributed by atoms with Crippen LogP contribution in [0.2, 0.25) is 0 Å². The Morgan fingerprint density at radius 3 is 2.45 bits per heavy atom. The first-order chi connectivity index (χ1) is 19.1. The van der Waals surface area contributed by atoms with Gasteiger partial charge in [0.05, 0.1) is 30.5 Å². The van der Waals surface area contributed by atoms with Crippen LogP contribution in [0, 0.1) is 11.6 Å². The normalized spacial score (nSPS) is 13.3. The fraction of sp³-hybridized carbons (Fsp3) is 0.250. The Hall–Kier alpha value is -4.16. The number of benzene rings is 3. The molecule has 1 saturated carbocycles. The lowest BCUT2D eigenvalue weighted by Gasteiger charge is -2.24. The molecule has 2 N–H and O–H groups in total. The molecule has 0 spiro atoms. The van der Waals surface area contributed by atoms with E-state index in [1.807, 2.05) is 0 Å². The Morgan fingerprint density at radius 1 is 1.12 bits per heavy atom. The highest BCUT2D eigenvalue weighted by molar-refractivity contribution is 7.92. The number of ether oxygens (including phenoxy) is 2. The van der Waals surface area contributed by atoms with Gasteiger partial charge in [-0.1, -0.05) is 0 Å². The number of sulfonamides is 1. The van der Waals surface area contributed by atoms with Gasteiger partial charge in [0.25, 0.3) is 0 Å². The maximum Gasteiger partial charge on any atom is 0.412 e. The molecule has 5 rings (SSSR count). The van der Waals surface area contributed by atoms with Crippen LogP contribution < -0.4 is 19.1 Å². The minimum absolute atomic E-state index is 0.108. The van der Waals surface area contributed by atoms with Crippen molar-refractivity contribution in [1.29, 1.82) is 0 Å². The summed E-state index contributed by atoms with van der Waals surface area (Å²) in [5, 5.41) is 12.4. The van der Waals surface area contributed by atoms with Crippen LogP contribution in [-0.4, -0.2) is 46.1 Å². The second-order valence-electron chi connectivity index (χ2n) is 9.34. The number of fused-ring (bicyclic) bond motifs is 1. The second kappa shape index (κ2) is 10.8. The molecule has 4 aromatic rings. The average molecular weight is 573 g/mol. The molecule has 9 nitrogen and oxygen atoms in total. The summed E-state index contributed by atoms with van der Waals surface area (Å²) in [6.45, 7) is -0.505. The summed E-state index contributed by atoms with van der Waals surface area (Å²) in [4.78, 5) is 12.3. The van der Waals surface area contributed by atoms with Gasteiger partial charge in [0, 0.05) is 24.7 Å². The standard InChI is InChI=1S/C28H26F2N2O7S/c1-31-28(34)39-27-21-14-20(16-3-4-16)23(32(11-12-33)40(2,35)36)15-25(21)38-26(27)17-5-8-19(9-6-17)37-24-10-7-18(29)13-22(24)30/h5-10,13-16,33H,3-4,11-12H2,1-2H3,(H,31,34). The topological polar surface area (TPSA) is 118 Å². The van der Waals surface area contributed by atoms with Crippen LogP contribution in [0.5, 0.6) is 17.2 Å². The van der Waals surface area contributed by atoms with Gasteiger partial charge >= 0.3 is 6.09 Å². The number of anilines is 1. The average Bonchev–Trinajstić information content (AvgIpc) is 3.70. The molecule has 0 bridgehead atoms. The van der Waals surface area contributed by atoms with Gasteiger partial charge in [-0.2, -0.15) is 0 Å². The van der Waals surface area contributed by atoms with Crippen molar-refractivity contribution in [3.05, 3.63) is 71.8 Å². The monoisotopic (exact) mass is 572 g/mol. The second-order valence-corrected chi connectivity index (χ2v) is 11.2. The molecule has 1 amide bonds. The molecule has 12 heteroatoms. The molecule has 0 aliphatic heterocycles. The van der Waals surface area contributed by atoms with Crippen molar-refractivity contribution in [2.45, 2.75) is 18.8 Å². The molecular weight excluding hydrogens is 546 g/mol. The largest absolute Gasteiger partial charge is 0.454 e. The number of rotatable bonds is 9. The summed E-state index contributed by atoms with van der Waals surface area (Å²) < 4.78 is 70.8. The van der Waals surface area contributed by atoms with E-state index < -0.39 is 27.8 Å². The van der Waals surface area contributed by atoms with E-state index in [0.29, 0.717) is 16.6 Å². The molecular formula is C28H26F2N2O7S. The fourth-order valence-electron chi connectivity index (χ4n) is 4.41. The number of carbonyl (C=O) groups is 1. The number of furan rings is 1. The maximum absolute atomic E-state index is 14.0. The van der Waals surface area contributed by atoms with Crippen LogP contribution in [0.1, 0.15) is 24.3 Å². The van der Waals surface area contributed by atoms with Crippen molar-refractivity contribution in [3.63, 3.8) is 0 Å². The lowest BCUT2D eigenvalue weighted by molar-refractivity contribution is 0.203. The minimum Gasteiger partial charge on any atom is -0.454 e. The van der Waals surface area contributed by atoms with E-state index in [1.54, 1.807) is 36.4 Å². The van der Waals surface area contributed by atoms with Gasteiger partial charge in [-0.3, -0.25) is 4.31 Å². The van der Waals surface area contributed by atoms with E-state index in [9.17, 15) is 27.1 Å². The van der Waals surface area contributed by atoms with Gasteiger partial charge in [-0.15, -0.1) is 0 Å². The van der Waals surface area contributed by atoms with Gasteiger partial charge in [0.2, 0.25) is 10.0 Å². The Bertz CT molecular complexity index is 1680. The number of aliphatic hydroxyl groups excluding tert-OH is 1. The van der Waals surface area contributed by atoms with E-state index in [4.69, 9.17) is 13.9 Å². The van der Waals surface area contributed by atoms with Crippen molar-refractivity contribution in [2.24, 2.45) is 0 Å². The van der Waals surface area contributed by atoms with Crippen molar-refractivity contribution in [2.75, 3.05) is 30.8 Å². The van der Waals surface area contributed by atoms with Crippen LogP contribution in [0.15, 0.2) is 59.0 Å². The molecule has 1 aliphatic rings. The van der Waals surface area contributed by atoms with E-state index in [2.05, 4.69) is 5.32 Å². The molecule has 0 unspecified atom stereocenters. The third-order valence-electron chi connectivity index (χ3n) is 6.42. The highest BCUT2D eigenvalue weighted by atomic mass is 32.2. The Kier molecular flexibility index (Phi) is 7.39. The number of amides is 1. The van der Waals surface area contributed by atoms with E-state index in [1.165, 1.54) is 13.1 Å². The number of nitrogens with zero attached hydrogens (tertiary/aromatic N) is 1. The van der Waals surface area contributed by atoms with Crippen molar-refractivity contribution >= 4 is 32.8 Å². The summed E-state index contributed by atoms with van der Waals surface area (Å²) >= 11 is 0. The van der Waals surface area contributed by atoms with Gasteiger partial charge in [-0.25, -0.2) is 22.0 Å². The number of hydrogen-bond donors (Lipinski definition) is 2. The number of hydrogen-bond acceptors (Lipinski definition) is 7. The van der Waals surface area contributed by atoms with Crippen molar-refractivity contribution in [3.8, 4) is 28.6 Å². The summed E-state index contributed by atoms with van der Waals surface area (Å²) in [6, 6.07) is 12.6. The van der Waals surface area contributed by atoms with Gasteiger partial charge in [0.15, 0.2) is 23.1 Å². The van der Waals surface area contributed by atoms with Gasteiger partial charge < -0.3 is 24.3 Å². The molecule has 1 fully saturated rings. The first-order valence-corrected chi connectivity index (χ1v) is 14.3. The minimum atomic E-state index is -3.72. The zero-order valence-corrected chi connectivity index (χ0v) is 22.4. The molecule has 210 valence electrons. The molecule has 1 aromatic heterocycles. The highest BCUT2D eigenvalue weighted by Crippen LogP contribution is 2.49. The third kappa shape index (κ3) is 5.58. The molecule has 1 aliphatic carbocycles. The maximum atomic E-state index is 14.0. The van der Waals surface area contributed by atoms with Crippen molar-refractivity contribution < 1.29 is 41.0 Å². The number of nitrogens with one attached hydrogen (secondary N) is 1. The van der Waals surface area contributed by atoms with Crippen LogP contribution in [-0.2, 0) is 10.0 Å². The van der Waals surface area contributed by atoms with Crippen LogP contribution in [0.3, 0.4) is 0 Å². The van der Waals surface area contributed by atoms with Crippen LogP contribution >= 0.6 is 0 Å². The molecule has 0 radical (unpaired) electrons. The molecule has 0 saturated heterocycles. The predicted octanol–water partition coefficient (Wildman–Crippen LogP) is 5.52. The van der Waals surface area contributed by atoms with Gasteiger partial charge in [0.1, 0.15) is 17.1 Å². The Labute approximate surface area is 229 Å². The third-order valence-corrected chi connectivity index (χ3v) is 7.60. The fourth-order valence-corrected chi connectivity index (χ4v) is 5.34. The molecule has 40 heavy (non-hydrogen) atoms. The highest BCUT2D eigenvalue weighted by Gasteiger charge is 2.32. The number of carbonyl (C=O) groups excluding carboxylic acids is 1. The first-order valence-electron chi connectivity index (χ1n) is 12.4. The summed E-state index contributed by atoms with van der Waals surface area (Å²) in [7, 11) is -2.30. The van der Waals surface area contributed by atoms with Crippen LogP contribution in [0.25, 0.3) is 22.3 Å². The summed E-state index contributed by atoms with van der Waals surface area (Å²) in [5.41, 5.74) is 1.90. The number of aliphatic hydroxyl groups is 1. The molecule has 0 atom stereocenters. The summed E-state index contributed by atoms with van der Waals surface area (Å²) in [6.07, 6.45) is 2.06. The first kappa shape index (κ1) is 27.4. The van der Waals surface area contributed by atoms with Gasteiger partial charge in [-0.05, 0) is 66.8 Å². The zero-order valence-electron chi connectivity index (χ0n) is 21.6. The molecule has 3 aromatic carbocycles. The SMILES string of the molecule is CNC(=O)Oc1c(-c2ccc(Oc3ccc(F)cc3F)cc2)oc2cc(N(CCO)S(C)(=O)=O)c(C3CC3)cc12. The number of halogens is 2. The van der Waals surface area contributed by atoms with Crippen LogP contribution in [0.4, 0.5) is 19.3 Å². The zero-order chi connectivity index (χ0) is 28.6. The Morgan fingerprint density at radius 2 is 1.85 bits per heavy atom. The smallest absolute Gasteiger partial charge is 0.412 e. The Balaban J connectivity index is 1.60.